The molecule has 2 rings (SSSR count). The molecule has 1 unspecified atom stereocenters. The average Bonchev–Trinajstić information content (AvgIpc) is 2.68. The lowest BCUT2D eigenvalue weighted by molar-refractivity contribution is 0.127. The van der Waals surface area contributed by atoms with Crippen molar-refractivity contribution in [2.24, 2.45) is 0 Å². The van der Waals surface area contributed by atoms with Crippen LogP contribution in [0.3, 0.4) is 0 Å². The first-order valence-electron chi connectivity index (χ1n) is 6.04. The number of nitrogens with one attached hydrogen (secondary N) is 2. The number of hydrogen-bond acceptors (Lipinski definition) is 3. The lowest BCUT2D eigenvalue weighted by Crippen LogP contribution is -2.45. The van der Waals surface area contributed by atoms with Gasteiger partial charge in [-0.25, -0.2) is 4.79 Å². The van der Waals surface area contributed by atoms with Crippen molar-refractivity contribution < 1.29 is 9.53 Å². The van der Waals surface area contributed by atoms with Gasteiger partial charge in [0.1, 0.15) is 12.3 Å². The minimum atomic E-state index is -0.334. The molecule has 1 aliphatic heterocycles. The summed E-state index contributed by atoms with van der Waals surface area (Å²) in [4.78, 5) is 11.2. The van der Waals surface area contributed by atoms with E-state index in [-0.39, 0.29) is 18.4 Å². The van der Waals surface area contributed by atoms with E-state index < -0.39 is 0 Å². The largest absolute Gasteiger partial charge is 0.442 e. The predicted molar refractivity (Wildman–Crippen MR) is 65.6 cm³/mol. The van der Waals surface area contributed by atoms with E-state index in [1.165, 1.54) is 5.56 Å². The number of carbonyl (C=O) groups is 1. The molecular weight excluding hydrogens is 216 g/mol. The van der Waals surface area contributed by atoms with Crippen LogP contribution in [-0.2, 0) is 11.2 Å². The van der Waals surface area contributed by atoms with Crippen LogP contribution in [0.1, 0.15) is 18.9 Å². The Morgan fingerprint density at radius 2 is 2.12 bits per heavy atom. The molecule has 4 heteroatoms. The number of ether oxygens (including phenoxy) is 1. The summed E-state index contributed by atoms with van der Waals surface area (Å²) in [6.45, 7) is 2.97. The quantitative estimate of drug-likeness (QED) is 0.814. The van der Waals surface area contributed by atoms with E-state index >= 15 is 0 Å². The van der Waals surface area contributed by atoms with Gasteiger partial charge in [0, 0.05) is 6.42 Å². The van der Waals surface area contributed by atoms with Gasteiger partial charge in [-0.3, -0.25) is 5.32 Å². The second-order valence-electron chi connectivity index (χ2n) is 4.21. The van der Waals surface area contributed by atoms with Crippen LogP contribution in [0.15, 0.2) is 30.3 Å². The van der Waals surface area contributed by atoms with Gasteiger partial charge < -0.3 is 10.1 Å². The third-order valence-corrected chi connectivity index (χ3v) is 2.80. The van der Waals surface area contributed by atoms with E-state index in [0.717, 1.165) is 19.4 Å². The van der Waals surface area contributed by atoms with Crippen molar-refractivity contribution in [3.8, 4) is 0 Å². The summed E-state index contributed by atoms with van der Waals surface area (Å²) in [6, 6.07) is 10.1. The Morgan fingerprint density at radius 1 is 1.35 bits per heavy atom. The number of cyclic esters (lactones) is 1. The van der Waals surface area contributed by atoms with Crippen molar-refractivity contribution >= 4 is 6.09 Å². The Labute approximate surface area is 101 Å². The standard InChI is InChI=1S/C13H18N2O2/c1-2-8-14-12-11(17-13(16)15-12)9-10-6-4-3-5-7-10/h3-7,11-12,14H,2,8-9H2,1H3,(H,15,16)/t11-,12?/m1/s1. The minimum Gasteiger partial charge on any atom is -0.442 e. The molecule has 0 spiro atoms. The number of amides is 1. The van der Waals surface area contributed by atoms with Crippen molar-refractivity contribution in [3.63, 3.8) is 0 Å². The molecule has 0 aliphatic carbocycles. The fourth-order valence-corrected chi connectivity index (χ4v) is 1.95. The third kappa shape index (κ3) is 3.20. The molecule has 0 aromatic heterocycles. The molecule has 1 aliphatic rings. The normalized spacial score (nSPS) is 23.2. The molecule has 0 bridgehead atoms. The molecule has 0 saturated carbocycles. The van der Waals surface area contributed by atoms with E-state index in [1.807, 2.05) is 30.3 Å². The van der Waals surface area contributed by atoms with Gasteiger partial charge in [-0.05, 0) is 18.5 Å². The monoisotopic (exact) mass is 234 g/mol. The zero-order valence-electron chi connectivity index (χ0n) is 9.98. The first kappa shape index (κ1) is 11.9. The maximum absolute atomic E-state index is 11.2. The highest BCUT2D eigenvalue weighted by atomic mass is 16.6. The molecule has 0 radical (unpaired) electrons. The maximum atomic E-state index is 11.2. The maximum Gasteiger partial charge on any atom is 0.408 e. The molecule has 1 saturated heterocycles. The molecule has 1 fully saturated rings. The van der Waals surface area contributed by atoms with E-state index in [0.29, 0.717) is 0 Å². The van der Waals surface area contributed by atoms with Gasteiger partial charge in [-0.1, -0.05) is 37.3 Å². The average molecular weight is 234 g/mol. The second-order valence-corrected chi connectivity index (χ2v) is 4.21. The van der Waals surface area contributed by atoms with Crippen LogP contribution in [0.2, 0.25) is 0 Å². The van der Waals surface area contributed by atoms with Gasteiger partial charge in [0.2, 0.25) is 0 Å². The second kappa shape index (κ2) is 5.68. The number of rotatable bonds is 5. The Bertz CT molecular complexity index is 367. The highest BCUT2D eigenvalue weighted by Crippen LogP contribution is 2.13. The zero-order valence-corrected chi connectivity index (χ0v) is 9.98. The molecule has 2 N–H and O–H groups in total. The van der Waals surface area contributed by atoms with Gasteiger partial charge in [-0.15, -0.1) is 0 Å². The molecule has 1 aromatic carbocycles. The summed E-state index contributed by atoms with van der Waals surface area (Å²) < 4.78 is 5.26. The Balaban J connectivity index is 1.96. The number of carbonyl (C=O) groups excluding carboxylic acids is 1. The summed E-state index contributed by atoms with van der Waals surface area (Å²) in [7, 11) is 0. The smallest absolute Gasteiger partial charge is 0.408 e. The zero-order chi connectivity index (χ0) is 12.1. The van der Waals surface area contributed by atoms with Crippen LogP contribution in [0.4, 0.5) is 4.79 Å². The molecule has 4 nitrogen and oxygen atoms in total. The van der Waals surface area contributed by atoms with E-state index in [9.17, 15) is 4.79 Å². The van der Waals surface area contributed by atoms with Crippen LogP contribution < -0.4 is 10.6 Å². The molecule has 1 amide bonds. The Morgan fingerprint density at radius 3 is 2.82 bits per heavy atom. The fraction of sp³-hybridized carbons (Fsp3) is 0.462. The van der Waals surface area contributed by atoms with Gasteiger partial charge in [0.05, 0.1) is 0 Å². The van der Waals surface area contributed by atoms with Gasteiger partial charge >= 0.3 is 6.09 Å². The van der Waals surface area contributed by atoms with E-state index in [1.54, 1.807) is 0 Å². The minimum absolute atomic E-state index is 0.0809. The fourth-order valence-electron chi connectivity index (χ4n) is 1.95. The molecule has 17 heavy (non-hydrogen) atoms. The molecular formula is C13H18N2O2. The molecule has 2 atom stereocenters. The Kier molecular flexibility index (Phi) is 3.98. The highest BCUT2D eigenvalue weighted by molar-refractivity contribution is 5.70. The van der Waals surface area contributed by atoms with E-state index in [2.05, 4.69) is 17.6 Å². The summed E-state index contributed by atoms with van der Waals surface area (Å²) >= 11 is 0. The van der Waals surface area contributed by atoms with Crippen LogP contribution in [0.5, 0.6) is 0 Å². The summed E-state index contributed by atoms with van der Waals surface area (Å²) in [5.41, 5.74) is 1.18. The van der Waals surface area contributed by atoms with Gasteiger partial charge in [-0.2, -0.15) is 0 Å². The number of hydrogen-bond donors (Lipinski definition) is 2. The summed E-state index contributed by atoms with van der Waals surface area (Å²) in [6.07, 6.45) is 1.23. The predicted octanol–water partition coefficient (Wildman–Crippen LogP) is 1.66. The van der Waals surface area contributed by atoms with Crippen molar-refractivity contribution in [1.82, 2.24) is 10.6 Å². The van der Waals surface area contributed by atoms with Crippen molar-refractivity contribution in [2.75, 3.05) is 6.54 Å². The van der Waals surface area contributed by atoms with Crippen molar-refractivity contribution in [3.05, 3.63) is 35.9 Å². The van der Waals surface area contributed by atoms with Gasteiger partial charge in [0.25, 0.3) is 0 Å². The molecule has 1 aromatic rings. The Hall–Kier alpha value is -1.55. The number of alkyl carbamates (subject to hydrolysis) is 1. The van der Waals surface area contributed by atoms with Gasteiger partial charge in [0.15, 0.2) is 0 Å². The highest BCUT2D eigenvalue weighted by Gasteiger charge is 2.33. The first-order chi connectivity index (χ1) is 8.29. The SMILES string of the molecule is CCCNC1NC(=O)O[C@@H]1Cc1ccccc1. The first-order valence-corrected chi connectivity index (χ1v) is 6.04. The van der Waals surface area contributed by atoms with Crippen LogP contribution >= 0.6 is 0 Å². The molecule has 1 heterocycles. The van der Waals surface area contributed by atoms with E-state index in [4.69, 9.17) is 4.74 Å². The molecule has 92 valence electrons. The van der Waals surface area contributed by atoms with Crippen LogP contribution in [-0.4, -0.2) is 24.9 Å². The van der Waals surface area contributed by atoms with Crippen molar-refractivity contribution in [2.45, 2.75) is 32.0 Å². The lowest BCUT2D eigenvalue weighted by Gasteiger charge is -2.17. The van der Waals surface area contributed by atoms with Crippen LogP contribution in [0, 0.1) is 0 Å². The van der Waals surface area contributed by atoms with Crippen molar-refractivity contribution in [1.29, 1.82) is 0 Å². The topological polar surface area (TPSA) is 50.4 Å². The third-order valence-electron chi connectivity index (χ3n) is 2.80. The van der Waals surface area contributed by atoms with Crippen LogP contribution in [0.25, 0.3) is 0 Å². The lowest BCUT2D eigenvalue weighted by atomic mass is 10.1. The summed E-state index contributed by atoms with van der Waals surface area (Å²) in [5.74, 6) is 0. The summed E-state index contributed by atoms with van der Waals surface area (Å²) in [5, 5.41) is 6.06. The number of benzene rings is 1.